The van der Waals surface area contributed by atoms with Crippen LogP contribution in [-0.2, 0) is 14.9 Å². The highest BCUT2D eigenvalue weighted by Gasteiger charge is 2.32. The van der Waals surface area contributed by atoms with E-state index >= 15 is 0 Å². The van der Waals surface area contributed by atoms with Crippen molar-refractivity contribution in [3.05, 3.63) is 29.8 Å². The third kappa shape index (κ3) is 7.97. The van der Waals surface area contributed by atoms with Crippen LogP contribution in [0.4, 0.5) is 0 Å². The van der Waals surface area contributed by atoms with Crippen LogP contribution < -0.4 is 0 Å². The topological polar surface area (TPSA) is 63.6 Å². The van der Waals surface area contributed by atoms with E-state index < -0.39 is 14.1 Å². The lowest BCUT2D eigenvalue weighted by molar-refractivity contribution is 0.115. The minimum Gasteiger partial charge on any atom is -0.331 e. The van der Waals surface area contributed by atoms with E-state index in [2.05, 4.69) is 0 Å². The molecule has 0 radical (unpaired) electrons. The summed E-state index contributed by atoms with van der Waals surface area (Å²) in [6.07, 6.45) is 2.24. The maximum absolute atomic E-state index is 10.5. The first-order chi connectivity index (χ1) is 8.58. The van der Waals surface area contributed by atoms with Crippen molar-refractivity contribution in [3.8, 4) is 0 Å². The molecule has 0 amide bonds. The summed E-state index contributed by atoms with van der Waals surface area (Å²) in [5.74, 6) is 0. The van der Waals surface area contributed by atoms with E-state index in [4.69, 9.17) is 44.1 Å². The Morgan fingerprint density at radius 1 is 1.21 bits per heavy atom. The Morgan fingerprint density at radius 3 is 1.95 bits per heavy atom. The summed E-state index contributed by atoms with van der Waals surface area (Å²) in [5, 5.41) is 0. The summed E-state index contributed by atoms with van der Waals surface area (Å²) in [7, 11) is -4.02. The second-order valence-electron chi connectivity index (χ2n) is 4.05. The van der Waals surface area contributed by atoms with Gasteiger partial charge in [0.15, 0.2) is 0 Å². The van der Waals surface area contributed by atoms with Gasteiger partial charge in [-0.15, -0.1) is 0 Å². The van der Waals surface area contributed by atoms with Crippen molar-refractivity contribution in [2.45, 2.75) is 34.7 Å². The van der Waals surface area contributed by atoms with Gasteiger partial charge in [-0.05, 0) is 31.9 Å². The van der Waals surface area contributed by atoms with Crippen molar-refractivity contribution in [3.63, 3.8) is 0 Å². The van der Waals surface area contributed by atoms with Crippen LogP contribution in [0.5, 0.6) is 0 Å². The van der Waals surface area contributed by atoms with Gasteiger partial charge in [0, 0.05) is 0 Å². The van der Waals surface area contributed by atoms with Gasteiger partial charge < -0.3 is 4.74 Å². The molecule has 0 aliphatic heterocycles. The van der Waals surface area contributed by atoms with E-state index in [9.17, 15) is 8.42 Å². The molecule has 0 aromatic heterocycles. The second-order valence-corrected chi connectivity index (χ2v) is 7.65. The monoisotopic (exact) mass is 346 g/mol. The van der Waals surface area contributed by atoms with Crippen LogP contribution in [0, 0.1) is 6.92 Å². The summed E-state index contributed by atoms with van der Waals surface area (Å²) in [4.78, 5) is -0.0666. The van der Waals surface area contributed by atoms with Gasteiger partial charge in [-0.2, -0.15) is 8.42 Å². The van der Waals surface area contributed by atoms with Crippen molar-refractivity contribution >= 4 is 44.9 Å². The molecule has 4 nitrogen and oxygen atoms in total. The number of hydrogen-bond donors (Lipinski definition) is 1. The average molecular weight is 348 g/mol. The highest BCUT2D eigenvalue weighted by Crippen LogP contribution is 2.36. The van der Waals surface area contributed by atoms with Gasteiger partial charge >= 0.3 is 0 Å². The molecule has 0 bridgehead atoms. The largest absolute Gasteiger partial charge is 0.331 e. The number of ether oxygens (including phenoxy) is 1. The highest BCUT2D eigenvalue weighted by molar-refractivity contribution is 7.85. The zero-order chi connectivity index (χ0) is 14.7. The third-order valence-electron chi connectivity index (χ3n) is 2.14. The molecule has 1 N–H and O–H groups in total. The van der Waals surface area contributed by atoms with E-state index in [1.807, 2.05) is 6.92 Å². The fraction of sp³-hybridized carbons (Fsp3) is 0.455. The van der Waals surface area contributed by atoms with Crippen LogP contribution >= 0.6 is 34.8 Å². The van der Waals surface area contributed by atoms with Crippen LogP contribution in [0.25, 0.3) is 0 Å². The molecule has 0 atom stereocenters. The molecule has 8 heteroatoms. The fourth-order valence-corrected chi connectivity index (χ4v) is 1.94. The SMILES string of the molecule is Cc1ccc(S(=O)(=O)O)cc1.ClC(Cl)(Cl)OC1CC1. The van der Waals surface area contributed by atoms with Crippen LogP contribution in [0.15, 0.2) is 29.2 Å². The molecule has 1 fully saturated rings. The van der Waals surface area contributed by atoms with Gasteiger partial charge in [-0.25, -0.2) is 0 Å². The standard InChI is InChI=1S/C7H8O3S.C4H5Cl3O/c1-6-2-4-7(5-3-6)11(8,9)10;5-4(6,7)8-3-1-2-3/h2-5H,1H3,(H,8,9,10);3H,1-2H2. The molecular weight excluding hydrogens is 335 g/mol. The van der Waals surface area contributed by atoms with Crippen molar-refractivity contribution in [1.29, 1.82) is 0 Å². The van der Waals surface area contributed by atoms with Gasteiger partial charge in [-0.1, -0.05) is 52.5 Å². The summed E-state index contributed by atoms with van der Waals surface area (Å²) < 4.78 is 32.9. The normalized spacial score (nSPS) is 15.6. The molecule has 1 aliphatic rings. The molecule has 0 unspecified atom stereocenters. The third-order valence-corrected chi connectivity index (χ3v) is 3.28. The van der Waals surface area contributed by atoms with Crippen LogP contribution in [0.2, 0.25) is 0 Å². The van der Waals surface area contributed by atoms with Crippen LogP contribution in [0.3, 0.4) is 0 Å². The molecule has 1 aromatic carbocycles. The van der Waals surface area contributed by atoms with Gasteiger partial charge in [0.05, 0.1) is 11.0 Å². The van der Waals surface area contributed by atoms with E-state index in [-0.39, 0.29) is 11.0 Å². The van der Waals surface area contributed by atoms with Crippen molar-refractivity contribution in [2.24, 2.45) is 0 Å². The maximum Gasteiger partial charge on any atom is 0.297 e. The van der Waals surface area contributed by atoms with Gasteiger partial charge in [-0.3, -0.25) is 4.55 Å². The van der Waals surface area contributed by atoms with E-state index in [1.54, 1.807) is 12.1 Å². The first-order valence-electron chi connectivity index (χ1n) is 5.36. The van der Waals surface area contributed by atoms with Crippen molar-refractivity contribution in [1.82, 2.24) is 0 Å². The van der Waals surface area contributed by atoms with E-state index in [0.717, 1.165) is 18.4 Å². The quantitative estimate of drug-likeness (QED) is 0.654. The Morgan fingerprint density at radius 2 is 1.68 bits per heavy atom. The fourth-order valence-electron chi connectivity index (χ4n) is 1.09. The predicted octanol–water partition coefficient (Wildman–Crippen LogP) is 3.73. The van der Waals surface area contributed by atoms with Gasteiger partial charge in [0.1, 0.15) is 0 Å². The zero-order valence-electron chi connectivity index (χ0n) is 10.0. The molecule has 19 heavy (non-hydrogen) atoms. The predicted molar refractivity (Wildman–Crippen MR) is 75.4 cm³/mol. The Hall–Kier alpha value is -0.0400. The molecule has 108 valence electrons. The molecule has 2 rings (SSSR count). The minimum atomic E-state index is -4.02. The second kappa shape index (κ2) is 6.61. The lowest BCUT2D eigenvalue weighted by Crippen LogP contribution is -2.09. The lowest BCUT2D eigenvalue weighted by atomic mass is 10.2. The smallest absolute Gasteiger partial charge is 0.297 e. The number of aryl methyl sites for hydroxylation is 1. The first-order valence-corrected chi connectivity index (χ1v) is 7.94. The number of alkyl halides is 3. The average Bonchev–Trinajstić information content (AvgIpc) is 2.99. The van der Waals surface area contributed by atoms with Crippen molar-refractivity contribution < 1.29 is 17.7 Å². The summed E-state index contributed by atoms with van der Waals surface area (Å²) in [5.41, 5.74) is 0.956. The van der Waals surface area contributed by atoms with Gasteiger partial charge in [0.25, 0.3) is 14.1 Å². The Kier molecular flexibility index (Phi) is 5.92. The van der Waals surface area contributed by atoms with Crippen LogP contribution in [-0.4, -0.2) is 23.1 Å². The molecule has 1 aliphatic carbocycles. The zero-order valence-corrected chi connectivity index (χ0v) is 13.1. The highest BCUT2D eigenvalue weighted by atomic mass is 35.6. The molecular formula is C11H13Cl3O4S. The number of benzene rings is 1. The maximum atomic E-state index is 10.5. The molecule has 1 saturated carbocycles. The number of rotatable bonds is 2. The van der Waals surface area contributed by atoms with E-state index in [1.165, 1.54) is 12.1 Å². The van der Waals surface area contributed by atoms with Gasteiger partial charge in [0.2, 0.25) is 0 Å². The lowest BCUT2D eigenvalue weighted by Gasteiger charge is -2.09. The molecule has 0 saturated heterocycles. The molecule has 1 aromatic rings. The number of halogens is 3. The molecule has 0 heterocycles. The van der Waals surface area contributed by atoms with Crippen molar-refractivity contribution in [2.75, 3.05) is 0 Å². The van der Waals surface area contributed by atoms with Crippen LogP contribution in [0.1, 0.15) is 18.4 Å². The number of hydrogen-bond acceptors (Lipinski definition) is 3. The Balaban J connectivity index is 0.000000200. The minimum absolute atomic E-state index is 0.0666. The summed E-state index contributed by atoms with van der Waals surface area (Å²) >= 11 is 15.8. The summed E-state index contributed by atoms with van der Waals surface area (Å²) in [6, 6.07) is 5.99. The summed E-state index contributed by atoms with van der Waals surface area (Å²) in [6.45, 7) is 1.84. The Labute approximate surface area is 127 Å². The van der Waals surface area contributed by atoms with E-state index in [0.29, 0.717) is 0 Å². The Bertz CT molecular complexity index is 504. The molecule has 0 spiro atoms. The first kappa shape index (κ1) is 17.0.